The van der Waals surface area contributed by atoms with Gasteiger partial charge in [-0.1, -0.05) is 29.8 Å². The second kappa shape index (κ2) is 7.88. The van der Waals surface area contributed by atoms with Crippen molar-refractivity contribution in [1.29, 1.82) is 0 Å². The summed E-state index contributed by atoms with van der Waals surface area (Å²) in [6.07, 6.45) is 3.55. The van der Waals surface area contributed by atoms with E-state index in [1.165, 1.54) is 12.1 Å². The quantitative estimate of drug-likeness (QED) is 0.382. The molecule has 1 amide bonds. The van der Waals surface area contributed by atoms with E-state index < -0.39 is 17.6 Å². The molecule has 0 saturated heterocycles. The minimum Gasteiger partial charge on any atom is -0.338 e. The van der Waals surface area contributed by atoms with E-state index in [-0.39, 0.29) is 12.3 Å². The lowest BCUT2D eigenvalue weighted by Gasteiger charge is -2.15. The minimum atomic E-state index is -0.667. The summed E-state index contributed by atoms with van der Waals surface area (Å²) in [4.78, 5) is 19.4. The van der Waals surface area contributed by atoms with Crippen LogP contribution in [0.4, 0.5) is 20.3 Å². The lowest BCUT2D eigenvalue weighted by atomic mass is 9.91. The lowest BCUT2D eigenvalue weighted by Crippen LogP contribution is -2.25. The number of amides is 1. The van der Waals surface area contributed by atoms with Crippen LogP contribution in [0, 0.1) is 11.6 Å². The van der Waals surface area contributed by atoms with Crippen molar-refractivity contribution in [2.75, 3.05) is 4.90 Å². The van der Waals surface area contributed by atoms with E-state index in [4.69, 9.17) is 11.6 Å². The van der Waals surface area contributed by atoms with Crippen LogP contribution in [-0.4, -0.2) is 15.5 Å². The lowest BCUT2D eigenvalue weighted by molar-refractivity contribution is -0.118. The van der Waals surface area contributed by atoms with E-state index in [9.17, 15) is 13.6 Å². The van der Waals surface area contributed by atoms with Gasteiger partial charge in [0, 0.05) is 24.3 Å². The molecule has 3 aromatic carbocycles. The molecule has 2 heterocycles. The fraction of sp³-hybridized carbons (Fsp3) is 0.120. The average Bonchev–Trinajstić information content (AvgIpc) is 3.28. The summed E-state index contributed by atoms with van der Waals surface area (Å²) >= 11 is 6.16. The number of hydrogen-bond donors (Lipinski definition) is 0. The molecule has 0 bridgehead atoms. The number of hydrogen-bond acceptors (Lipinski definition) is 2. The normalized spacial score (nSPS) is 15.3. The zero-order chi connectivity index (χ0) is 22.4. The summed E-state index contributed by atoms with van der Waals surface area (Å²) in [7, 11) is 1.83. The highest BCUT2D eigenvalue weighted by molar-refractivity contribution is 6.30. The number of carbonyl (C=O) groups is 1. The standard InChI is InChI=1S/C25H18ClF2N3O/c1-30-13-24(29-14-30)31-23-6-5-17(16-3-2-4-18(26)10-16)11-21(23)22(25(31)32)9-15-7-19(27)12-20(28)8-15/h2-8,10-14,22H,9H2,1H3. The first kappa shape index (κ1) is 20.4. The number of aromatic nitrogens is 2. The number of carbonyl (C=O) groups excluding carboxylic acids is 1. The summed E-state index contributed by atoms with van der Waals surface area (Å²) in [6, 6.07) is 16.6. The summed E-state index contributed by atoms with van der Waals surface area (Å²) < 4.78 is 29.4. The fourth-order valence-electron chi connectivity index (χ4n) is 4.21. The third-order valence-corrected chi connectivity index (χ3v) is 5.84. The molecule has 5 rings (SSSR count). The highest BCUT2D eigenvalue weighted by Crippen LogP contribution is 2.44. The molecule has 7 heteroatoms. The van der Waals surface area contributed by atoms with Gasteiger partial charge in [0.25, 0.3) is 0 Å². The molecule has 1 atom stereocenters. The Morgan fingerprint density at radius 1 is 1.00 bits per heavy atom. The predicted octanol–water partition coefficient (Wildman–Crippen LogP) is 6.02. The number of fused-ring (bicyclic) bond motifs is 1. The van der Waals surface area contributed by atoms with Gasteiger partial charge in [-0.3, -0.25) is 9.69 Å². The first-order chi connectivity index (χ1) is 15.4. The molecule has 0 spiro atoms. The zero-order valence-corrected chi connectivity index (χ0v) is 17.9. The number of halogens is 3. The molecule has 1 aliphatic heterocycles. The molecule has 0 radical (unpaired) electrons. The first-order valence-corrected chi connectivity index (χ1v) is 10.4. The molecule has 4 nitrogen and oxygen atoms in total. The Morgan fingerprint density at radius 2 is 1.75 bits per heavy atom. The molecule has 1 aromatic heterocycles. The Hall–Kier alpha value is -3.51. The Balaban J connectivity index is 1.62. The van der Waals surface area contributed by atoms with Crippen LogP contribution in [0.3, 0.4) is 0 Å². The highest BCUT2D eigenvalue weighted by atomic mass is 35.5. The monoisotopic (exact) mass is 449 g/mol. The van der Waals surface area contributed by atoms with Crippen molar-refractivity contribution in [2.45, 2.75) is 12.3 Å². The van der Waals surface area contributed by atoms with E-state index in [0.717, 1.165) is 22.8 Å². The van der Waals surface area contributed by atoms with Gasteiger partial charge in [0.15, 0.2) is 5.82 Å². The number of rotatable bonds is 4. The minimum absolute atomic E-state index is 0.169. The molecular weight excluding hydrogens is 432 g/mol. The molecule has 0 saturated carbocycles. The topological polar surface area (TPSA) is 38.1 Å². The van der Waals surface area contributed by atoms with E-state index in [2.05, 4.69) is 4.98 Å². The molecule has 32 heavy (non-hydrogen) atoms. The van der Waals surface area contributed by atoms with Crippen molar-refractivity contribution >= 4 is 29.0 Å². The number of nitrogens with zero attached hydrogens (tertiary/aromatic N) is 3. The molecule has 0 N–H and O–H groups in total. The van der Waals surface area contributed by atoms with Crippen LogP contribution >= 0.6 is 11.6 Å². The van der Waals surface area contributed by atoms with E-state index >= 15 is 0 Å². The maximum Gasteiger partial charge on any atom is 0.240 e. The Kier molecular flexibility index (Phi) is 5.02. The maximum absolute atomic E-state index is 13.8. The summed E-state index contributed by atoms with van der Waals surface area (Å²) in [5.74, 6) is -1.62. The van der Waals surface area contributed by atoms with Crippen molar-refractivity contribution in [1.82, 2.24) is 9.55 Å². The van der Waals surface area contributed by atoms with Crippen molar-refractivity contribution < 1.29 is 13.6 Å². The van der Waals surface area contributed by atoms with Gasteiger partial charge in [0.05, 0.1) is 17.9 Å². The third kappa shape index (κ3) is 3.67. The molecular formula is C25H18ClF2N3O. The fourth-order valence-corrected chi connectivity index (χ4v) is 4.40. The smallest absolute Gasteiger partial charge is 0.240 e. The first-order valence-electron chi connectivity index (χ1n) is 10.1. The van der Waals surface area contributed by atoms with Gasteiger partial charge < -0.3 is 4.57 Å². The molecule has 0 fully saturated rings. The molecule has 160 valence electrons. The molecule has 4 aromatic rings. The summed E-state index contributed by atoms with van der Waals surface area (Å²) in [5.41, 5.74) is 3.73. The van der Waals surface area contributed by atoms with Crippen LogP contribution in [0.15, 0.2) is 73.2 Å². The van der Waals surface area contributed by atoms with Crippen molar-refractivity contribution in [3.05, 3.63) is 101 Å². The SMILES string of the molecule is Cn1cnc(N2C(=O)C(Cc3cc(F)cc(F)c3)c3cc(-c4cccc(Cl)c4)ccc32)c1. The van der Waals surface area contributed by atoms with Gasteiger partial charge in [-0.05, 0) is 65.1 Å². The van der Waals surface area contributed by atoms with Crippen molar-refractivity contribution in [2.24, 2.45) is 7.05 Å². The second-order valence-corrected chi connectivity index (χ2v) is 8.33. The van der Waals surface area contributed by atoms with Gasteiger partial charge >= 0.3 is 0 Å². The number of imidazole rings is 1. The van der Waals surface area contributed by atoms with Crippen LogP contribution in [0.1, 0.15) is 17.0 Å². The Labute approximate surface area is 188 Å². The number of aryl methyl sites for hydroxylation is 1. The van der Waals surface area contributed by atoms with Gasteiger partial charge in [0.2, 0.25) is 5.91 Å². The van der Waals surface area contributed by atoms with Crippen LogP contribution in [0.25, 0.3) is 11.1 Å². The largest absolute Gasteiger partial charge is 0.338 e. The van der Waals surface area contributed by atoms with Crippen LogP contribution < -0.4 is 4.90 Å². The van der Waals surface area contributed by atoms with Crippen molar-refractivity contribution in [3.63, 3.8) is 0 Å². The number of anilines is 2. The third-order valence-electron chi connectivity index (χ3n) is 5.60. The van der Waals surface area contributed by atoms with Gasteiger partial charge in [-0.25, -0.2) is 13.8 Å². The second-order valence-electron chi connectivity index (χ2n) is 7.89. The molecule has 1 unspecified atom stereocenters. The van der Waals surface area contributed by atoms with Crippen molar-refractivity contribution in [3.8, 4) is 11.1 Å². The Morgan fingerprint density at radius 3 is 2.44 bits per heavy atom. The predicted molar refractivity (Wildman–Crippen MR) is 120 cm³/mol. The van der Waals surface area contributed by atoms with Crippen LogP contribution in [-0.2, 0) is 18.3 Å². The summed E-state index contributed by atoms with van der Waals surface area (Å²) in [6.45, 7) is 0. The van der Waals surface area contributed by atoms with E-state index in [0.29, 0.717) is 22.1 Å². The molecule has 1 aliphatic rings. The zero-order valence-electron chi connectivity index (χ0n) is 17.1. The van der Waals surface area contributed by atoms with E-state index in [1.807, 2.05) is 43.4 Å². The molecule has 0 aliphatic carbocycles. The van der Waals surface area contributed by atoms with Crippen LogP contribution in [0.2, 0.25) is 5.02 Å². The van der Waals surface area contributed by atoms with E-state index in [1.54, 1.807) is 28.1 Å². The van der Waals surface area contributed by atoms with Crippen LogP contribution in [0.5, 0.6) is 0 Å². The van der Waals surface area contributed by atoms with Gasteiger partial charge in [0.1, 0.15) is 11.6 Å². The van der Waals surface area contributed by atoms with Gasteiger partial charge in [-0.2, -0.15) is 0 Å². The Bertz CT molecular complexity index is 1330. The van der Waals surface area contributed by atoms with Gasteiger partial charge in [-0.15, -0.1) is 0 Å². The summed E-state index contributed by atoms with van der Waals surface area (Å²) in [5, 5.41) is 0.612. The number of benzene rings is 3. The highest BCUT2D eigenvalue weighted by Gasteiger charge is 2.39. The average molecular weight is 450 g/mol. The maximum atomic E-state index is 13.8.